The summed E-state index contributed by atoms with van der Waals surface area (Å²) in [7, 11) is 0. The first-order chi connectivity index (χ1) is 8.13. The van der Waals surface area contributed by atoms with Crippen molar-refractivity contribution in [2.45, 2.75) is 26.3 Å². The third-order valence-corrected chi connectivity index (χ3v) is 3.60. The smallest absolute Gasteiger partial charge is 0.162 e. The van der Waals surface area contributed by atoms with E-state index in [0.29, 0.717) is 29.9 Å². The maximum atomic E-state index is 6.24. The van der Waals surface area contributed by atoms with E-state index < -0.39 is 0 Å². The number of nitrogens with two attached hydrogens (primary N) is 1. The van der Waals surface area contributed by atoms with Gasteiger partial charge >= 0.3 is 0 Å². The predicted octanol–water partition coefficient (Wildman–Crippen LogP) is 3.16. The Kier molecular flexibility index (Phi) is 3.79. The van der Waals surface area contributed by atoms with Gasteiger partial charge in [-0.05, 0) is 17.5 Å². The summed E-state index contributed by atoms with van der Waals surface area (Å²) in [5.41, 5.74) is 7.14. The highest BCUT2D eigenvalue weighted by atomic mass is 35.5. The topological polar surface area (TPSA) is 44.5 Å². The molecular formula is C13H18ClNO2. The molecule has 2 N–H and O–H groups in total. The molecule has 0 spiro atoms. The van der Waals surface area contributed by atoms with Crippen LogP contribution in [0.3, 0.4) is 0 Å². The monoisotopic (exact) mass is 255 g/mol. The minimum absolute atomic E-state index is 0.0664. The van der Waals surface area contributed by atoms with Gasteiger partial charge in [0.2, 0.25) is 0 Å². The van der Waals surface area contributed by atoms with Crippen LogP contribution in [-0.2, 0) is 0 Å². The van der Waals surface area contributed by atoms with Crippen molar-refractivity contribution in [2.75, 3.05) is 13.2 Å². The fourth-order valence-corrected chi connectivity index (χ4v) is 2.18. The lowest BCUT2D eigenvalue weighted by atomic mass is 9.93. The molecule has 0 saturated heterocycles. The van der Waals surface area contributed by atoms with E-state index >= 15 is 0 Å². The molecule has 0 aromatic heterocycles. The van der Waals surface area contributed by atoms with Crippen LogP contribution in [0.1, 0.15) is 31.9 Å². The Bertz CT molecular complexity index is 409. The van der Waals surface area contributed by atoms with Crippen molar-refractivity contribution in [3.63, 3.8) is 0 Å². The first-order valence-electron chi connectivity index (χ1n) is 5.98. The molecule has 0 aliphatic carbocycles. The Morgan fingerprint density at radius 3 is 2.47 bits per heavy atom. The summed E-state index contributed by atoms with van der Waals surface area (Å²) in [4.78, 5) is 0. The van der Waals surface area contributed by atoms with Gasteiger partial charge in [-0.1, -0.05) is 31.9 Å². The van der Waals surface area contributed by atoms with E-state index in [1.165, 1.54) is 0 Å². The SMILES string of the molecule is CCC(C)C(N)c1cc2c(cc1Cl)OCCO2. The number of rotatable bonds is 3. The van der Waals surface area contributed by atoms with E-state index in [1.807, 2.05) is 6.07 Å². The van der Waals surface area contributed by atoms with Crippen LogP contribution in [0.2, 0.25) is 5.02 Å². The molecule has 2 unspecified atom stereocenters. The molecule has 0 saturated carbocycles. The van der Waals surface area contributed by atoms with E-state index in [2.05, 4.69) is 13.8 Å². The Labute approximate surface area is 107 Å². The summed E-state index contributed by atoms with van der Waals surface area (Å²) >= 11 is 6.24. The Morgan fingerprint density at radius 2 is 1.88 bits per heavy atom. The van der Waals surface area contributed by atoms with Crippen LogP contribution in [0.4, 0.5) is 0 Å². The van der Waals surface area contributed by atoms with Crippen molar-refractivity contribution in [1.82, 2.24) is 0 Å². The van der Waals surface area contributed by atoms with Crippen molar-refractivity contribution in [2.24, 2.45) is 11.7 Å². The second-order valence-corrected chi connectivity index (χ2v) is 4.84. The van der Waals surface area contributed by atoms with Gasteiger partial charge in [-0.15, -0.1) is 0 Å². The number of hydrogen-bond donors (Lipinski definition) is 1. The van der Waals surface area contributed by atoms with Crippen LogP contribution < -0.4 is 15.2 Å². The van der Waals surface area contributed by atoms with Gasteiger partial charge in [0.05, 0.1) is 0 Å². The number of fused-ring (bicyclic) bond motifs is 1. The van der Waals surface area contributed by atoms with Gasteiger partial charge in [-0.25, -0.2) is 0 Å². The first-order valence-corrected chi connectivity index (χ1v) is 6.36. The molecule has 17 heavy (non-hydrogen) atoms. The zero-order chi connectivity index (χ0) is 12.4. The maximum absolute atomic E-state index is 6.24. The Balaban J connectivity index is 2.34. The molecule has 1 heterocycles. The third-order valence-electron chi connectivity index (χ3n) is 3.28. The van der Waals surface area contributed by atoms with Gasteiger partial charge in [-0.2, -0.15) is 0 Å². The van der Waals surface area contributed by atoms with Gasteiger partial charge in [0.25, 0.3) is 0 Å². The van der Waals surface area contributed by atoms with Gasteiger partial charge in [0.1, 0.15) is 13.2 Å². The second kappa shape index (κ2) is 5.15. The molecule has 0 radical (unpaired) electrons. The highest BCUT2D eigenvalue weighted by molar-refractivity contribution is 6.31. The molecule has 0 amide bonds. The molecule has 1 aromatic rings. The average Bonchev–Trinajstić information content (AvgIpc) is 2.36. The van der Waals surface area contributed by atoms with E-state index in [4.69, 9.17) is 26.8 Å². The largest absolute Gasteiger partial charge is 0.486 e. The summed E-state index contributed by atoms with van der Waals surface area (Å²) in [6.45, 7) is 5.39. The van der Waals surface area contributed by atoms with Gasteiger partial charge < -0.3 is 15.2 Å². The number of hydrogen-bond acceptors (Lipinski definition) is 3. The second-order valence-electron chi connectivity index (χ2n) is 4.43. The number of halogens is 1. The van der Waals surface area contributed by atoms with Crippen LogP contribution in [0.15, 0.2) is 12.1 Å². The average molecular weight is 256 g/mol. The molecule has 0 bridgehead atoms. The van der Waals surface area contributed by atoms with Crippen LogP contribution in [0, 0.1) is 5.92 Å². The van der Waals surface area contributed by atoms with Crippen LogP contribution in [-0.4, -0.2) is 13.2 Å². The van der Waals surface area contributed by atoms with Gasteiger partial charge in [0.15, 0.2) is 11.5 Å². The predicted molar refractivity (Wildman–Crippen MR) is 68.8 cm³/mol. The van der Waals surface area contributed by atoms with Gasteiger partial charge in [0, 0.05) is 17.1 Å². The molecule has 2 atom stereocenters. The summed E-state index contributed by atoms with van der Waals surface area (Å²) in [5.74, 6) is 1.84. The van der Waals surface area contributed by atoms with E-state index in [9.17, 15) is 0 Å². The molecule has 3 nitrogen and oxygen atoms in total. The molecule has 0 fully saturated rings. The third kappa shape index (κ3) is 2.50. The number of ether oxygens (including phenoxy) is 2. The Hall–Kier alpha value is -0.930. The molecule has 4 heteroatoms. The first kappa shape index (κ1) is 12.5. The zero-order valence-corrected chi connectivity index (χ0v) is 11.0. The molecule has 1 aromatic carbocycles. The molecule has 2 rings (SSSR count). The quantitative estimate of drug-likeness (QED) is 0.902. The highest BCUT2D eigenvalue weighted by Gasteiger charge is 2.21. The summed E-state index contributed by atoms with van der Waals surface area (Å²) < 4.78 is 11.0. The maximum Gasteiger partial charge on any atom is 0.162 e. The van der Waals surface area contributed by atoms with Crippen molar-refractivity contribution in [1.29, 1.82) is 0 Å². The minimum atomic E-state index is -0.0664. The van der Waals surface area contributed by atoms with Crippen LogP contribution >= 0.6 is 11.6 Å². The Morgan fingerprint density at radius 1 is 1.29 bits per heavy atom. The molecular weight excluding hydrogens is 238 g/mol. The lowest BCUT2D eigenvalue weighted by Gasteiger charge is -2.24. The summed E-state index contributed by atoms with van der Waals surface area (Å²) in [6, 6.07) is 3.64. The van der Waals surface area contributed by atoms with Crippen molar-refractivity contribution >= 4 is 11.6 Å². The summed E-state index contributed by atoms with van der Waals surface area (Å²) in [5, 5.41) is 0.655. The van der Waals surface area contributed by atoms with Crippen LogP contribution in [0.5, 0.6) is 11.5 Å². The highest BCUT2D eigenvalue weighted by Crippen LogP contribution is 2.38. The van der Waals surface area contributed by atoms with E-state index in [0.717, 1.165) is 17.7 Å². The lowest BCUT2D eigenvalue weighted by molar-refractivity contribution is 0.171. The molecule has 94 valence electrons. The fourth-order valence-electron chi connectivity index (χ4n) is 1.90. The van der Waals surface area contributed by atoms with E-state index in [1.54, 1.807) is 6.07 Å². The van der Waals surface area contributed by atoms with E-state index in [-0.39, 0.29) is 6.04 Å². The van der Waals surface area contributed by atoms with Crippen molar-refractivity contribution in [3.8, 4) is 11.5 Å². The normalized spacial score (nSPS) is 17.6. The summed E-state index contributed by atoms with van der Waals surface area (Å²) in [6.07, 6.45) is 1.02. The van der Waals surface area contributed by atoms with Crippen molar-refractivity contribution in [3.05, 3.63) is 22.7 Å². The molecule has 1 aliphatic rings. The standard InChI is InChI=1S/C13H18ClNO2/c1-3-8(2)13(15)9-6-11-12(7-10(9)14)17-5-4-16-11/h6-8,13H,3-5,15H2,1-2H3. The molecule has 1 aliphatic heterocycles. The zero-order valence-electron chi connectivity index (χ0n) is 10.2. The van der Waals surface area contributed by atoms with Crippen LogP contribution in [0.25, 0.3) is 0 Å². The lowest BCUT2D eigenvalue weighted by Crippen LogP contribution is -2.20. The number of benzene rings is 1. The van der Waals surface area contributed by atoms with Crippen molar-refractivity contribution < 1.29 is 9.47 Å². The van der Waals surface area contributed by atoms with Gasteiger partial charge in [-0.3, -0.25) is 0 Å². The minimum Gasteiger partial charge on any atom is -0.486 e. The fraction of sp³-hybridized carbons (Fsp3) is 0.538.